The molecular formula is C10H12N2O6S. The lowest BCUT2D eigenvalue weighted by molar-refractivity contribution is -0.385. The molecule has 9 heteroatoms. The second kappa shape index (κ2) is 5.33. The Morgan fingerprint density at radius 2 is 1.95 bits per heavy atom. The van der Waals surface area contributed by atoms with Crippen molar-refractivity contribution in [3.8, 4) is 0 Å². The third kappa shape index (κ3) is 3.48. The van der Waals surface area contributed by atoms with Gasteiger partial charge in [0.05, 0.1) is 9.82 Å². The summed E-state index contributed by atoms with van der Waals surface area (Å²) in [6.45, 7) is 2.18. The summed E-state index contributed by atoms with van der Waals surface area (Å²) < 4.78 is 25.5. The van der Waals surface area contributed by atoms with Gasteiger partial charge in [0.15, 0.2) is 0 Å². The number of carboxylic acids is 1. The van der Waals surface area contributed by atoms with E-state index in [1.807, 2.05) is 4.72 Å². The first-order valence-electron chi connectivity index (χ1n) is 5.12. The monoisotopic (exact) mass is 288 g/mol. The van der Waals surface area contributed by atoms with Crippen molar-refractivity contribution in [1.82, 2.24) is 4.72 Å². The zero-order valence-electron chi connectivity index (χ0n) is 10.2. The van der Waals surface area contributed by atoms with Gasteiger partial charge in [-0.3, -0.25) is 14.9 Å². The maximum atomic E-state index is 11.8. The number of nitro benzene ring substituents is 1. The third-order valence-electron chi connectivity index (χ3n) is 2.39. The quantitative estimate of drug-likeness (QED) is 0.602. The number of sulfonamides is 1. The van der Waals surface area contributed by atoms with Crippen LogP contribution in [0.15, 0.2) is 17.0 Å². The van der Waals surface area contributed by atoms with Gasteiger partial charge in [-0.25, -0.2) is 8.42 Å². The largest absolute Gasteiger partial charge is 0.480 e. The first-order valence-corrected chi connectivity index (χ1v) is 6.60. The lowest BCUT2D eigenvalue weighted by Crippen LogP contribution is -2.30. The molecule has 8 nitrogen and oxygen atoms in total. The topological polar surface area (TPSA) is 127 Å². The average Bonchev–Trinajstić information content (AvgIpc) is 2.25. The number of rotatable bonds is 5. The number of aliphatic carboxylic acids is 1. The summed E-state index contributed by atoms with van der Waals surface area (Å²) in [4.78, 5) is 20.1. The molecule has 19 heavy (non-hydrogen) atoms. The molecule has 2 N–H and O–H groups in total. The van der Waals surface area contributed by atoms with Gasteiger partial charge in [0, 0.05) is 11.6 Å². The SMILES string of the molecule is Cc1cc(C)c(S(=O)(=O)NCC(=O)O)cc1[N+](=O)[O-]. The zero-order valence-corrected chi connectivity index (χ0v) is 11.0. The van der Waals surface area contributed by atoms with Crippen LogP contribution in [0, 0.1) is 24.0 Å². The van der Waals surface area contributed by atoms with E-state index in [1.165, 1.54) is 19.9 Å². The second-order valence-electron chi connectivity index (χ2n) is 3.88. The number of hydrogen-bond acceptors (Lipinski definition) is 5. The highest BCUT2D eigenvalue weighted by Gasteiger charge is 2.22. The zero-order chi connectivity index (χ0) is 14.8. The van der Waals surface area contributed by atoms with Gasteiger partial charge in [-0.15, -0.1) is 0 Å². The van der Waals surface area contributed by atoms with E-state index in [4.69, 9.17) is 5.11 Å². The maximum Gasteiger partial charge on any atom is 0.318 e. The average molecular weight is 288 g/mol. The van der Waals surface area contributed by atoms with Gasteiger partial charge >= 0.3 is 5.97 Å². The Hall–Kier alpha value is -2.00. The molecule has 0 fully saturated rings. The van der Waals surface area contributed by atoms with Crippen LogP contribution in [0.2, 0.25) is 0 Å². The second-order valence-corrected chi connectivity index (χ2v) is 5.61. The summed E-state index contributed by atoms with van der Waals surface area (Å²) in [7, 11) is -4.09. The summed E-state index contributed by atoms with van der Waals surface area (Å²) in [5.74, 6) is -1.34. The summed E-state index contributed by atoms with van der Waals surface area (Å²) in [5.41, 5.74) is 0.307. The Morgan fingerprint density at radius 1 is 1.37 bits per heavy atom. The smallest absolute Gasteiger partial charge is 0.318 e. The molecule has 0 saturated heterocycles. The highest BCUT2D eigenvalue weighted by molar-refractivity contribution is 7.89. The molecule has 104 valence electrons. The van der Waals surface area contributed by atoms with Crippen molar-refractivity contribution in [3.05, 3.63) is 33.4 Å². The molecule has 1 aromatic carbocycles. The van der Waals surface area contributed by atoms with Crippen molar-refractivity contribution in [1.29, 1.82) is 0 Å². The van der Waals surface area contributed by atoms with Gasteiger partial charge in [-0.2, -0.15) is 4.72 Å². The molecule has 0 unspecified atom stereocenters. The molecule has 0 aliphatic heterocycles. The van der Waals surface area contributed by atoms with Crippen molar-refractivity contribution < 1.29 is 23.2 Å². The lowest BCUT2D eigenvalue weighted by Gasteiger charge is -2.09. The van der Waals surface area contributed by atoms with Gasteiger partial charge in [0.25, 0.3) is 5.69 Å². The molecule has 0 aliphatic carbocycles. The number of hydrogen-bond donors (Lipinski definition) is 2. The number of nitrogens with one attached hydrogen (secondary N) is 1. The number of carbonyl (C=O) groups is 1. The van der Waals surface area contributed by atoms with E-state index < -0.39 is 27.5 Å². The summed E-state index contributed by atoms with van der Waals surface area (Å²) in [6.07, 6.45) is 0. The van der Waals surface area contributed by atoms with Crippen LogP contribution in [-0.2, 0) is 14.8 Å². The van der Waals surface area contributed by atoms with E-state index in [9.17, 15) is 23.3 Å². The van der Waals surface area contributed by atoms with Crippen LogP contribution in [0.5, 0.6) is 0 Å². The first-order chi connectivity index (χ1) is 8.65. The van der Waals surface area contributed by atoms with Gasteiger partial charge in [0.1, 0.15) is 6.54 Å². The minimum absolute atomic E-state index is 0.300. The Morgan fingerprint density at radius 3 is 2.42 bits per heavy atom. The van der Waals surface area contributed by atoms with Crippen LogP contribution in [0.3, 0.4) is 0 Å². The van der Waals surface area contributed by atoms with Crippen molar-refractivity contribution >= 4 is 21.7 Å². The van der Waals surface area contributed by atoms with E-state index in [0.717, 1.165) is 6.07 Å². The molecule has 0 atom stereocenters. The minimum Gasteiger partial charge on any atom is -0.480 e. The summed E-state index contributed by atoms with van der Waals surface area (Å²) >= 11 is 0. The molecule has 0 amide bonds. The van der Waals surface area contributed by atoms with Crippen LogP contribution < -0.4 is 4.72 Å². The normalized spacial score (nSPS) is 11.3. The van der Waals surface area contributed by atoms with E-state index in [1.54, 1.807) is 0 Å². The molecule has 0 aromatic heterocycles. The highest BCUT2D eigenvalue weighted by Crippen LogP contribution is 2.25. The van der Waals surface area contributed by atoms with Gasteiger partial charge in [-0.05, 0) is 25.5 Å². The molecule has 0 bridgehead atoms. The summed E-state index contributed by atoms with van der Waals surface area (Å²) in [5, 5.41) is 19.2. The van der Waals surface area contributed by atoms with Crippen molar-refractivity contribution in [2.45, 2.75) is 18.7 Å². The van der Waals surface area contributed by atoms with Gasteiger partial charge < -0.3 is 5.11 Å². The lowest BCUT2D eigenvalue weighted by atomic mass is 10.1. The Kier molecular flexibility index (Phi) is 4.22. The molecule has 0 saturated carbocycles. The number of carboxylic acid groups (broad SMARTS) is 1. The fourth-order valence-electron chi connectivity index (χ4n) is 1.54. The highest BCUT2D eigenvalue weighted by atomic mass is 32.2. The van der Waals surface area contributed by atoms with E-state index in [0.29, 0.717) is 11.1 Å². The van der Waals surface area contributed by atoms with Crippen LogP contribution in [-0.4, -0.2) is 31.0 Å². The maximum absolute atomic E-state index is 11.8. The van der Waals surface area contributed by atoms with Gasteiger partial charge in [0.2, 0.25) is 10.0 Å². The molecule has 0 radical (unpaired) electrons. The first kappa shape index (κ1) is 15.1. The van der Waals surface area contributed by atoms with Crippen LogP contribution in [0.25, 0.3) is 0 Å². The number of nitro groups is 1. The molecule has 0 spiro atoms. The van der Waals surface area contributed by atoms with E-state index in [-0.39, 0.29) is 10.6 Å². The number of aryl methyl sites for hydroxylation is 2. The van der Waals surface area contributed by atoms with Crippen molar-refractivity contribution in [2.24, 2.45) is 0 Å². The molecule has 1 aromatic rings. The van der Waals surface area contributed by atoms with Crippen LogP contribution >= 0.6 is 0 Å². The Balaban J connectivity index is 3.30. The van der Waals surface area contributed by atoms with Crippen molar-refractivity contribution in [3.63, 3.8) is 0 Å². The van der Waals surface area contributed by atoms with Crippen molar-refractivity contribution in [2.75, 3.05) is 6.54 Å². The number of benzene rings is 1. The van der Waals surface area contributed by atoms with E-state index in [2.05, 4.69) is 0 Å². The molecule has 0 heterocycles. The molecule has 0 aliphatic rings. The fourth-order valence-corrected chi connectivity index (χ4v) is 2.76. The fraction of sp³-hybridized carbons (Fsp3) is 0.300. The van der Waals surface area contributed by atoms with Gasteiger partial charge in [-0.1, -0.05) is 0 Å². The molecule has 1 rings (SSSR count). The third-order valence-corrected chi connectivity index (χ3v) is 3.94. The predicted octanol–water partition coefficient (Wildman–Crippen LogP) is 0.575. The Labute approximate surface area is 109 Å². The Bertz CT molecular complexity index is 638. The number of nitrogens with zero attached hydrogens (tertiary/aromatic N) is 1. The standard InChI is InChI=1S/C10H12N2O6S/c1-6-3-7(2)9(4-8(6)12(15)16)19(17,18)11-5-10(13)14/h3-4,11H,5H2,1-2H3,(H,13,14). The molecular weight excluding hydrogens is 276 g/mol. The minimum atomic E-state index is -4.09. The predicted molar refractivity (Wildman–Crippen MR) is 65.4 cm³/mol. The van der Waals surface area contributed by atoms with Crippen LogP contribution in [0.1, 0.15) is 11.1 Å². The van der Waals surface area contributed by atoms with E-state index >= 15 is 0 Å². The summed E-state index contributed by atoms with van der Waals surface area (Å²) in [6, 6.07) is 2.29. The van der Waals surface area contributed by atoms with Crippen LogP contribution in [0.4, 0.5) is 5.69 Å².